The van der Waals surface area contributed by atoms with Gasteiger partial charge in [0.25, 0.3) is 0 Å². The van der Waals surface area contributed by atoms with Crippen molar-refractivity contribution in [1.29, 1.82) is 0 Å². The summed E-state index contributed by atoms with van der Waals surface area (Å²) in [5.74, 6) is 0.782. The van der Waals surface area contributed by atoms with Gasteiger partial charge in [-0.2, -0.15) is 0 Å². The normalized spacial score (nSPS) is 23.0. The minimum Gasteiger partial charge on any atom is -0.353 e. The first kappa shape index (κ1) is 11.6. The Hall–Kier alpha value is -0.830. The molecule has 0 bridgehead atoms. The van der Waals surface area contributed by atoms with E-state index in [0.29, 0.717) is 18.9 Å². The van der Waals surface area contributed by atoms with Crippen LogP contribution in [-0.2, 0) is 4.79 Å². The zero-order valence-corrected chi connectivity index (χ0v) is 9.95. The van der Waals surface area contributed by atoms with Gasteiger partial charge in [-0.05, 0) is 44.7 Å². The zero-order valence-electron chi connectivity index (χ0n) is 9.95. The predicted octanol–water partition coefficient (Wildman–Crippen LogP) is 1.55. The van der Waals surface area contributed by atoms with Gasteiger partial charge in [-0.3, -0.25) is 4.79 Å². The minimum absolute atomic E-state index is 0.185. The number of nitrogens with one attached hydrogen (secondary N) is 1. The molecule has 0 aromatic carbocycles. The zero-order chi connectivity index (χ0) is 11.4. The summed E-state index contributed by atoms with van der Waals surface area (Å²) in [5.41, 5.74) is 0. The van der Waals surface area contributed by atoms with E-state index in [1.165, 1.54) is 38.8 Å². The summed E-state index contributed by atoms with van der Waals surface area (Å²) in [4.78, 5) is 14.1. The van der Waals surface area contributed by atoms with Crippen LogP contribution in [0.5, 0.6) is 0 Å². The van der Waals surface area contributed by atoms with Crippen molar-refractivity contribution in [2.24, 2.45) is 5.92 Å². The Morgan fingerprint density at radius 2 is 2.00 bits per heavy atom. The van der Waals surface area contributed by atoms with Crippen molar-refractivity contribution >= 4 is 5.91 Å². The van der Waals surface area contributed by atoms with Crippen molar-refractivity contribution in [3.05, 3.63) is 12.7 Å². The fourth-order valence-electron chi connectivity index (χ4n) is 2.48. The molecule has 1 aliphatic heterocycles. The number of piperidine rings is 1. The lowest BCUT2D eigenvalue weighted by Crippen LogP contribution is -2.37. The van der Waals surface area contributed by atoms with Gasteiger partial charge in [0.2, 0.25) is 5.91 Å². The van der Waals surface area contributed by atoms with Gasteiger partial charge in [-0.1, -0.05) is 6.08 Å². The standard InChI is InChI=1S/C13H22N2O/c1-2-7-14-13(16)10-11-5-8-15(9-6-11)12-3-4-12/h2,11-12H,1,3-10H2,(H,14,16). The number of amides is 1. The summed E-state index contributed by atoms with van der Waals surface area (Å²) < 4.78 is 0. The van der Waals surface area contributed by atoms with Gasteiger partial charge in [0, 0.05) is 19.0 Å². The van der Waals surface area contributed by atoms with Crippen molar-refractivity contribution in [2.75, 3.05) is 19.6 Å². The average molecular weight is 222 g/mol. The van der Waals surface area contributed by atoms with Crippen molar-refractivity contribution < 1.29 is 4.79 Å². The lowest BCUT2D eigenvalue weighted by atomic mass is 9.93. The van der Waals surface area contributed by atoms with Gasteiger partial charge >= 0.3 is 0 Å². The molecule has 0 aromatic rings. The van der Waals surface area contributed by atoms with Crippen LogP contribution in [-0.4, -0.2) is 36.5 Å². The Kier molecular flexibility index (Phi) is 3.99. The predicted molar refractivity (Wildman–Crippen MR) is 65.1 cm³/mol. The smallest absolute Gasteiger partial charge is 0.220 e. The molecule has 2 aliphatic rings. The van der Waals surface area contributed by atoms with E-state index in [4.69, 9.17) is 0 Å². The molecule has 0 radical (unpaired) electrons. The van der Waals surface area contributed by atoms with Crippen molar-refractivity contribution in [1.82, 2.24) is 10.2 Å². The van der Waals surface area contributed by atoms with Crippen LogP contribution in [0.3, 0.4) is 0 Å². The monoisotopic (exact) mass is 222 g/mol. The molecular weight excluding hydrogens is 200 g/mol. The molecule has 16 heavy (non-hydrogen) atoms. The Morgan fingerprint density at radius 1 is 1.31 bits per heavy atom. The quantitative estimate of drug-likeness (QED) is 0.716. The van der Waals surface area contributed by atoms with Crippen molar-refractivity contribution in [2.45, 2.75) is 38.1 Å². The first-order chi connectivity index (χ1) is 7.79. The van der Waals surface area contributed by atoms with Gasteiger partial charge in [0.05, 0.1) is 0 Å². The van der Waals surface area contributed by atoms with Crippen LogP contribution in [0.15, 0.2) is 12.7 Å². The molecule has 2 rings (SSSR count). The highest BCUT2D eigenvalue weighted by Crippen LogP contribution is 2.31. The molecule has 2 fully saturated rings. The van der Waals surface area contributed by atoms with E-state index in [1.807, 2.05) is 0 Å². The molecule has 1 aliphatic carbocycles. The van der Waals surface area contributed by atoms with Crippen LogP contribution in [0.4, 0.5) is 0 Å². The van der Waals surface area contributed by atoms with Crippen LogP contribution in [0, 0.1) is 5.92 Å². The molecule has 1 N–H and O–H groups in total. The topological polar surface area (TPSA) is 32.3 Å². The molecule has 1 amide bonds. The molecule has 1 heterocycles. The third-order valence-corrected chi connectivity index (χ3v) is 3.63. The number of nitrogens with zero attached hydrogens (tertiary/aromatic N) is 1. The molecule has 0 aromatic heterocycles. The van der Waals surface area contributed by atoms with E-state index in [2.05, 4.69) is 16.8 Å². The molecular formula is C13H22N2O. The summed E-state index contributed by atoms with van der Waals surface area (Å²) in [7, 11) is 0. The number of hydrogen-bond acceptors (Lipinski definition) is 2. The van der Waals surface area contributed by atoms with E-state index in [1.54, 1.807) is 6.08 Å². The van der Waals surface area contributed by atoms with Crippen LogP contribution in [0.25, 0.3) is 0 Å². The largest absolute Gasteiger partial charge is 0.353 e. The highest BCUT2D eigenvalue weighted by Gasteiger charge is 2.32. The van der Waals surface area contributed by atoms with Crippen LogP contribution >= 0.6 is 0 Å². The number of likely N-dealkylation sites (tertiary alicyclic amines) is 1. The maximum atomic E-state index is 11.5. The Morgan fingerprint density at radius 3 is 2.56 bits per heavy atom. The van der Waals surface area contributed by atoms with Crippen molar-refractivity contribution in [3.63, 3.8) is 0 Å². The first-order valence-corrected chi connectivity index (χ1v) is 6.41. The highest BCUT2D eigenvalue weighted by molar-refractivity contribution is 5.76. The number of carbonyl (C=O) groups excluding carboxylic acids is 1. The molecule has 90 valence electrons. The fourth-order valence-corrected chi connectivity index (χ4v) is 2.48. The van der Waals surface area contributed by atoms with Gasteiger partial charge in [-0.15, -0.1) is 6.58 Å². The summed E-state index contributed by atoms with van der Waals surface area (Å²) in [6, 6.07) is 0.885. The van der Waals surface area contributed by atoms with Gasteiger partial charge in [-0.25, -0.2) is 0 Å². The summed E-state index contributed by atoms with van der Waals surface area (Å²) >= 11 is 0. The first-order valence-electron chi connectivity index (χ1n) is 6.41. The minimum atomic E-state index is 0.185. The van der Waals surface area contributed by atoms with Crippen molar-refractivity contribution in [3.8, 4) is 0 Å². The number of hydrogen-bond donors (Lipinski definition) is 1. The lowest BCUT2D eigenvalue weighted by Gasteiger charge is -2.31. The van der Waals surface area contributed by atoms with E-state index < -0.39 is 0 Å². The Labute approximate surface area is 97.9 Å². The molecule has 3 nitrogen and oxygen atoms in total. The molecule has 0 unspecified atom stereocenters. The van der Waals surface area contributed by atoms with Crippen LogP contribution < -0.4 is 5.32 Å². The third-order valence-electron chi connectivity index (χ3n) is 3.63. The second-order valence-electron chi connectivity index (χ2n) is 5.01. The molecule has 3 heteroatoms. The third kappa shape index (κ3) is 3.34. The van der Waals surface area contributed by atoms with Crippen LogP contribution in [0.1, 0.15) is 32.1 Å². The SMILES string of the molecule is C=CCNC(=O)CC1CCN(C2CC2)CC1. The maximum absolute atomic E-state index is 11.5. The summed E-state index contributed by atoms with van der Waals surface area (Å²) in [6.07, 6.45) is 7.60. The molecule has 1 saturated heterocycles. The Bertz CT molecular complexity index is 253. The number of carbonyl (C=O) groups is 1. The summed E-state index contributed by atoms with van der Waals surface area (Å²) in [6.45, 7) is 6.59. The van der Waals surface area contributed by atoms with E-state index in [0.717, 1.165) is 6.04 Å². The van der Waals surface area contributed by atoms with E-state index in [-0.39, 0.29) is 5.91 Å². The van der Waals surface area contributed by atoms with Gasteiger partial charge in [0.15, 0.2) is 0 Å². The second-order valence-corrected chi connectivity index (χ2v) is 5.01. The highest BCUT2D eigenvalue weighted by atomic mass is 16.1. The Balaban J connectivity index is 1.64. The van der Waals surface area contributed by atoms with Crippen LogP contribution in [0.2, 0.25) is 0 Å². The average Bonchev–Trinajstić information content (AvgIpc) is 3.11. The maximum Gasteiger partial charge on any atom is 0.220 e. The van der Waals surface area contributed by atoms with E-state index >= 15 is 0 Å². The molecule has 1 saturated carbocycles. The molecule has 0 atom stereocenters. The molecule has 0 spiro atoms. The second kappa shape index (κ2) is 5.48. The lowest BCUT2D eigenvalue weighted by molar-refractivity contribution is -0.122. The summed E-state index contributed by atoms with van der Waals surface area (Å²) in [5, 5.41) is 2.86. The van der Waals surface area contributed by atoms with Gasteiger partial charge < -0.3 is 10.2 Å². The van der Waals surface area contributed by atoms with Gasteiger partial charge in [0.1, 0.15) is 0 Å². The van der Waals surface area contributed by atoms with E-state index in [9.17, 15) is 4.79 Å². The fraction of sp³-hybridized carbons (Fsp3) is 0.769. The number of rotatable bonds is 5.